The Morgan fingerprint density at radius 1 is 1.20 bits per heavy atom. The number of hydrogen-bond acceptors (Lipinski definition) is 6. The van der Waals surface area contributed by atoms with Crippen molar-refractivity contribution in [2.45, 2.75) is 18.8 Å². The molecule has 3 aliphatic carbocycles. The minimum atomic E-state index is -1.52. The van der Waals surface area contributed by atoms with E-state index in [2.05, 4.69) is 17.1 Å². The van der Waals surface area contributed by atoms with Gasteiger partial charge in [0.15, 0.2) is 5.41 Å². The average Bonchev–Trinajstić information content (AvgIpc) is 2.76. The van der Waals surface area contributed by atoms with E-state index in [1.165, 1.54) is 14.2 Å². The molecule has 0 saturated heterocycles. The zero-order valence-electron chi connectivity index (χ0n) is 11.5. The maximum Gasteiger partial charge on any atom is 0.292 e. The minimum absolute atomic E-state index is 0.131. The number of rotatable bonds is 2. The molecule has 0 unspecified atom stereocenters. The summed E-state index contributed by atoms with van der Waals surface area (Å²) in [5.41, 5.74) is 3.68. The van der Waals surface area contributed by atoms with Gasteiger partial charge in [0.1, 0.15) is 11.3 Å². The molecule has 6 nitrogen and oxygen atoms in total. The zero-order valence-corrected chi connectivity index (χ0v) is 11.5. The van der Waals surface area contributed by atoms with Crippen LogP contribution in [-0.2, 0) is 9.47 Å². The number of amidine groups is 1. The minimum Gasteiger partial charge on any atom is -0.386 e. The molecule has 6 heteroatoms. The van der Waals surface area contributed by atoms with Gasteiger partial charge in [0.05, 0.1) is 12.1 Å². The summed E-state index contributed by atoms with van der Waals surface area (Å²) in [7, 11) is 2.86. The third-order valence-corrected chi connectivity index (χ3v) is 5.17. The average molecular weight is 272 g/mol. The van der Waals surface area contributed by atoms with Gasteiger partial charge in [0.25, 0.3) is 5.91 Å². The number of nitrogens with zero attached hydrogens (tertiary/aromatic N) is 3. The highest BCUT2D eigenvalue weighted by Gasteiger charge is 2.79. The topological polar surface area (TPSA) is 104 Å². The molecule has 104 valence electrons. The monoisotopic (exact) mass is 272 g/mol. The Hall–Kier alpha value is -1.89. The van der Waals surface area contributed by atoms with Crippen molar-refractivity contribution in [1.82, 2.24) is 0 Å². The van der Waals surface area contributed by atoms with Gasteiger partial charge in [0, 0.05) is 26.1 Å². The van der Waals surface area contributed by atoms with E-state index in [0.29, 0.717) is 0 Å². The van der Waals surface area contributed by atoms with E-state index in [-0.39, 0.29) is 17.7 Å². The third-order valence-electron chi connectivity index (χ3n) is 5.17. The highest BCUT2D eigenvalue weighted by molar-refractivity contribution is 5.94. The SMILES string of the molecule is COC1(OC)N=C(N)[C@@]2(C#N)[C@@H]3C=C[C@H](CC3)[C@]12C#N. The summed E-state index contributed by atoms with van der Waals surface area (Å²) in [5.74, 6) is -1.67. The van der Waals surface area contributed by atoms with Crippen molar-refractivity contribution < 1.29 is 9.47 Å². The molecule has 0 amide bonds. The number of nitriles is 2. The lowest BCUT2D eigenvalue weighted by Crippen LogP contribution is -2.65. The van der Waals surface area contributed by atoms with Crippen LogP contribution in [0.5, 0.6) is 0 Å². The maximum absolute atomic E-state index is 9.96. The number of methoxy groups -OCH3 is 2. The summed E-state index contributed by atoms with van der Waals surface area (Å²) in [4.78, 5) is 4.29. The molecule has 1 heterocycles. The van der Waals surface area contributed by atoms with Crippen LogP contribution < -0.4 is 5.73 Å². The van der Waals surface area contributed by atoms with Crippen LogP contribution in [0.3, 0.4) is 0 Å². The molecular formula is C14H16N4O2. The van der Waals surface area contributed by atoms with Crippen molar-refractivity contribution in [3.05, 3.63) is 12.2 Å². The van der Waals surface area contributed by atoms with Crippen LogP contribution in [0.25, 0.3) is 0 Å². The molecule has 0 aromatic heterocycles. The lowest BCUT2D eigenvalue weighted by molar-refractivity contribution is -0.280. The molecule has 1 fully saturated rings. The standard InChI is InChI=1S/C14H16N4O2/c1-19-14(20-2)13(8-16)10-5-3-9(4-6-10)12(13,7-15)11(17)18-14/h3,5,9-10H,4,6H2,1-2H3,(H2,17,18)/t9-,10-,12-,13+/m1/s1. The maximum atomic E-state index is 9.96. The van der Waals surface area contributed by atoms with E-state index in [0.717, 1.165) is 12.8 Å². The first-order valence-corrected chi connectivity index (χ1v) is 6.55. The van der Waals surface area contributed by atoms with E-state index in [4.69, 9.17) is 15.2 Å². The van der Waals surface area contributed by atoms with Crippen molar-refractivity contribution in [2.24, 2.45) is 33.4 Å². The molecule has 0 aromatic rings. The second-order valence-corrected chi connectivity index (χ2v) is 5.50. The van der Waals surface area contributed by atoms with E-state index in [9.17, 15) is 10.5 Å². The van der Waals surface area contributed by atoms with Crippen LogP contribution in [0.4, 0.5) is 0 Å². The number of allylic oxidation sites excluding steroid dienone is 2. The van der Waals surface area contributed by atoms with E-state index >= 15 is 0 Å². The van der Waals surface area contributed by atoms with Crippen molar-refractivity contribution in [3.8, 4) is 12.1 Å². The summed E-state index contributed by atoms with van der Waals surface area (Å²) >= 11 is 0. The number of nitrogens with two attached hydrogens (primary N) is 1. The van der Waals surface area contributed by atoms with Gasteiger partial charge < -0.3 is 15.2 Å². The van der Waals surface area contributed by atoms with Crippen molar-refractivity contribution in [2.75, 3.05) is 14.2 Å². The Bertz CT molecular complexity index is 595. The smallest absolute Gasteiger partial charge is 0.292 e. The summed E-state index contributed by atoms with van der Waals surface area (Å²) in [5, 5.41) is 19.8. The Kier molecular flexibility index (Phi) is 2.50. The predicted molar refractivity (Wildman–Crippen MR) is 69.8 cm³/mol. The second-order valence-electron chi connectivity index (χ2n) is 5.50. The molecule has 4 atom stereocenters. The van der Waals surface area contributed by atoms with E-state index < -0.39 is 16.7 Å². The Balaban J connectivity index is 2.37. The number of hydrogen-bond donors (Lipinski definition) is 1. The lowest BCUT2D eigenvalue weighted by Gasteiger charge is -2.55. The van der Waals surface area contributed by atoms with Gasteiger partial charge in [-0.05, 0) is 12.8 Å². The van der Waals surface area contributed by atoms with Gasteiger partial charge in [-0.15, -0.1) is 0 Å². The quantitative estimate of drug-likeness (QED) is 0.594. The highest BCUT2D eigenvalue weighted by Crippen LogP contribution is 2.68. The molecule has 2 bridgehead atoms. The van der Waals surface area contributed by atoms with Gasteiger partial charge >= 0.3 is 0 Å². The van der Waals surface area contributed by atoms with Gasteiger partial charge in [0.2, 0.25) is 0 Å². The molecule has 1 aliphatic heterocycles. The summed E-state index contributed by atoms with van der Waals surface area (Å²) in [6.07, 6.45) is 5.58. The predicted octanol–water partition coefficient (Wildman–Crippen LogP) is 0.920. The van der Waals surface area contributed by atoms with Crippen LogP contribution in [0, 0.1) is 45.3 Å². The number of ether oxygens (including phenoxy) is 2. The van der Waals surface area contributed by atoms with Crippen molar-refractivity contribution in [1.29, 1.82) is 10.5 Å². The van der Waals surface area contributed by atoms with E-state index in [1.54, 1.807) is 0 Å². The normalized spacial score (nSPS) is 43.5. The van der Waals surface area contributed by atoms with Gasteiger partial charge in [-0.2, -0.15) is 10.5 Å². The van der Waals surface area contributed by atoms with Crippen LogP contribution in [0.2, 0.25) is 0 Å². The van der Waals surface area contributed by atoms with Crippen LogP contribution >= 0.6 is 0 Å². The fraction of sp³-hybridized carbons (Fsp3) is 0.643. The second kappa shape index (κ2) is 3.82. The number of fused-ring (bicyclic) bond motifs is 1. The fourth-order valence-electron chi connectivity index (χ4n) is 4.30. The zero-order chi connectivity index (χ0) is 14.6. The molecule has 4 rings (SSSR count). The first-order valence-electron chi connectivity index (χ1n) is 6.55. The van der Waals surface area contributed by atoms with Crippen molar-refractivity contribution >= 4 is 5.84 Å². The molecule has 20 heavy (non-hydrogen) atoms. The molecule has 4 aliphatic rings. The first kappa shape index (κ1) is 13.1. The molecule has 1 saturated carbocycles. The van der Waals surface area contributed by atoms with Crippen LogP contribution in [0.1, 0.15) is 12.8 Å². The largest absolute Gasteiger partial charge is 0.386 e. The Morgan fingerprint density at radius 3 is 2.25 bits per heavy atom. The lowest BCUT2D eigenvalue weighted by atomic mass is 9.45. The van der Waals surface area contributed by atoms with Gasteiger partial charge in [-0.25, -0.2) is 4.99 Å². The van der Waals surface area contributed by atoms with Crippen LogP contribution in [0.15, 0.2) is 17.1 Å². The summed E-state index contributed by atoms with van der Waals surface area (Å²) < 4.78 is 10.9. The third kappa shape index (κ3) is 0.985. The molecule has 2 N–H and O–H groups in total. The summed E-state index contributed by atoms with van der Waals surface area (Å²) in [6, 6.07) is 4.59. The molecule has 0 aromatic carbocycles. The van der Waals surface area contributed by atoms with Crippen molar-refractivity contribution in [3.63, 3.8) is 0 Å². The van der Waals surface area contributed by atoms with E-state index in [1.807, 2.05) is 12.2 Å². The highest BCUT2D eigenvalue weighted by atomic mass is 16.7. The first-order chi connectivity index (χ1) is 9.58. The Morgan fingerprint density at radius 2 is 1.80 bits per heavy atom. The number of aliphatic imine (C=N–C) groups is 1. The van der Waals surface area contributed by atoms with Crippen LogP contribution in [-0.4, -0.2) is 26.0 Å². The Labute approximate surface area is 117 Å². The molecule has 0 spiro atoms. The molecule has 0 radical (unpaired) electrons. The van der Waals surface area contributed by atoms with Gasteiger partial charge in [-0.3, -0.25) is 0 Å². The van der Waals surface area contributed by atoms with Gasteiger partial charge in [-0.1, -0.05) is 12.2 Å². The molecular weight excluding hydrogens is 256 g/mol. The summed E-state index contributed by atoms with van der Waals surface area (Å²) in [6.45, 7) is 0. The fourth-order valence-corrected chi connectivity index (χ4v) is 4.30.